The number of hydrogen-bond donors (Lipinski definition) is 1. The predicted octanol–water partition coefficient (Wildman–Crippen LogP) is 3.04. The fourth-order valence-electron chi connectivity index (χ4n) is 2.89. The summed E-state index contributed by atoms with van der Waals surface area (Å²) in [6.07, 6.45) is 0.345. The second-order valence-electron chi connectivity index (χ2n) is 6.11. The van der Waals surface area contributed by atoms with E-state index in [4.69, 9.17) is 9.47 Å². The van der Waals surface area contributed by atoms with Crippen molar-refractivity contribution in [2.24, 2.45) is 5.10 Å². The minimum atomic E-state index is -0.878. The number of nitrogens with zero attached hydrogens (tertiary/aromatic N) is 2. The van der Waals surface area contributed by atoms with Crippen LogP contribution < -0.4 is 14.9 Å². The Bertz CT molecular complexity index is 1100. The summed E-state index contributed by atoms with van der Waals surface area (Å²) in [5.74, 6) is 0.549. The summed E-state index contributed by atoms with van der Waals surface area (Å²) in [5, 5.41) is 16.8. The minimum Gasteiger partial charge on any atom is -0.485 e. The molecule has 0 radical (unpaired) electrons. The maximum atomic E-state index is 12.3. The van der Waals surface area contributed by atoms with E-state index in [0.717, 1.165) is 10.8 Å². The number of ether oxygens (including phenoxy) is 2. The molecule has 1 heterocycles. The molecule has 4 rings (SSSR count). The lowest BCUT2D eigenvalue weighted by Gasteiger charge is -2.25. The van der Waals surface area contributed by atoms with Gasteiger partial charge >= 0.3 is 0 Å². The quantitative estimate of drug-likeness (QED) is 0.428. The number of hydrogen-bond acceptors (Lipinski definition) is 6. The molecule has 1 aliphatic rings. The summed E-state index contributed by atoms with van der Waals surface area (Å²) in [4.78, 5) is 22.8. The molecule has 0 bridgehead atoms. The molecule has 8 heteroatoms. The molecule has 0 saturated carbocycles. The lowest BCUT2D eigenvalue weighted by Crippen LogP contribution is -2.42. The van der Waals surface area contributed by atoms with Gasteiger partial charge in [0.05, 0.1) is 16.7 Å². The second-order valence-corrected chi connectivity index (χ2v) is 6.11. The standard InChI is InChI=1S/C20H15N3O5/c24-20(22-21-11-15-7-3-4-8-16(15)23(25)26)19-12-27-17-9-13-5-1-2-6-14(13)10-18(17)28-19/h1-11,19H,12H2,(H,22,24)/t19-/m0/s1. The van der Waals surface area contributed by atoms with Crippen LogP contribution in [0.1, 0.15) is 5.56 Å². The Balaban J connectivity index is 1.45. The number of nitrogens with one attached hydrogen (secondary N) is 1. The number of nitro groups is 1. The van der Waals surface area contributed by atoms with Crippen LogP contribution in [0.3, 0.4) is 0 Å². The first-order valence-corrected chi connectivity index (χ1v) is 8.50. The Morgan fingerprint density at radius 1 is 1.11 bits per heavy atom. The number of fused-ring (bicyclic) bond motifs is 2. The van der Waals surface area contributed by atoms with Crippen molar-refractivity contribution in [3.05, 3.63) is 76.3 Å². The molecule has 3 aromatic carbocycles. The van der Waals surface area contributed by atoms with Crippen LogP contribution in [0.15, 0.2) is 65.8 Å². The smallest absolute Gasteiger partial charge is 0.284 e. The van der Waals surface area contributed by atoms with Gasteiger partial charge in [0.25, 0.3) is 11.6 Å². The normalized spacial score (nSPS) is 15.5. The minimum absolute atomic E-state index is 0.0399. The van der Waals surface area contributed by atoms with Crippen molar-refractivity contribution in [2.45, 2.75) is 6.10 Å². The van der Waals surface area contributed by atoms with Crippen LogP contribution in [0.5, 0.6) is 11.5 Å². The van der Waals surface area contributed by atoms with Gasteiger partial charge in [-0.25, -0.2) is 5.43 Å². The van der Waals surface area contributed by atoms with Gasteiger partial charge in [-0.2, -0.15) is 5.10 Å². The van der Waals surface area contributed by atoms with E-state index in [0.29, 0.717) is 11.5 Å². The average Bonchev–Trinajstić information content (AvgIpc) is 2.72. The van der Waals surface area contributed by atoms with Crippen LogP contribution in [0.4, 0.5) is 5.69 Å². The highest BCUT2D eigenvalue weighted by atomic mass is 16.6. The van der Waals surface area contributed by atoms with Crippen molar-refractivity contribution >= 4 is 28.6 Å². The van der Waals surface area contributed by atoms with E-state index in [9.17, 15) is 14.9 Å². The molecule has 140 valence electrons. The van der Waals surface area contributed by atoms with E-state index < -0.39 is 16.9 Å². The fourth-order valence-corrected chi connectivity index (χ4v) is 2.89. The summed E-state index contributed by atoms with van der Waals surface area (Å²) in [5.41, 5.74) is 2.52. The Labute approximate surface area is 159 Å². The molecule has 0 unspecified atom stereocenters. The van der Waals surface area contributed by atoms with Crippen LogP contribution in [-0.2, 0) is 4.79 Å². The van der Waals surface area contributed by atoms with Crippen LogP contribution >= 0.6 is 0 Å². The molecular weight excluding hydrogens is 362 g/mol. The molecule has 0 fully saturated rings. The van der Waals surface area contributed by atoms with Crippen molar-refractivity contribution in [1.29, 1.82) is 0 Å². The lowest BCUT2D eigenvalue weighted by molar-refractivity contribution is -0.385. The van der Waals surface area contributed by atoms with E-state index in [1.54, 1.807) is 12.1 Å². The van der Waals surface area contributed by atoms with Gasteiger partial charge in [-0.1, -0.05) is 36.4 Å². The van der Waals surface area contributed by atoms with Crippen LogP contribution in [0.2, 0.25) is 0 Å². The third-order valence-electron chi connectivity index (χ3n) is 4.28. The average molecular weight is 377 g/mol. The monoisotopic (exact) mass is 377 g/mol. The first-order chi connectivity index (χ1) is 13.6. The summed E-state index contributed by atoms with van der Waals surface area (Å²) in [6, 6.07) is 17.6. The van der Waals surface area contributed by atoms with Crippen LogP contribution in [-0.4, -0.2) is 29.8 Å². The summed E-state index contributed by atoms with van der Waals surface area (Å²) in [7, 11) is 0. The Morgan fingerprint density at radius 3 is 2.54 bits per heavy atom. The highest BCUT2D eigenvalue weighted by molar-refractivity contribution is 5.89. The van der Waals surface area contributed by atoms with E-state index >= 15 is 0 Å². The third kappa shape index (κ3) is 3.48. The molecule has 0 spiro atoms. The number of carbonyl (C=O) groups is 1. The number of amides is 1. The highest BCUT2D eigenvalue weighted by Crippen LogP contribution is 2.35. The van der Waals surface area contributed by atoms with Gasteiger partial charge in [0, 0.05) is 6.07 Å². The topological polar surface area (TPSA) is 103 Å². The van der Waals surface area contributed by atoms with E-state index in [-0.39, 0.29) is 17.9 Å². The zero-order valence-electron chi connectivity index (χ0n) is 14.6. The van der Waals surface area contributed by atoms with E-state index in [1.165, 1.54) is 18.3 Å². The molecule has 0 aromatic heterocycles. The van der Waals surface area contributed by atoms with Gasteiger partial charge in [-0.15, -0.1) is 0 Å². The summed E-state index contributed by atoms with van der Waals surface area (Å²) in [6.45, 7) is 0.0399. The van der Waals surface area contributed by atoms with Gasteiger partial charge in [-0.05, 0) is 29.0 Å². The summed E-state index contributed by atoms with van der Waals surface area (Å²) >= 11 is 0. The van der Waals surface area contributed by atoms with Crippen molar-refractivity contribution in [3.8, 4) is 11.5 Å². The molecule has 1 amide bonds. The maximum Gasteiger partial charge on any atom is 0.284 e. The van der Waals surface area contributed by atoms with Gasteiger partial charge in [0.15, 0.2) is 11.5 Å². The predicted molar refractivity (Wildman–Crippen MR) is 103 cm³/mol. The largest absolute Gasteiger partial charge is 0.485 e. The molecule has 8 nitrogen and oxygen atoms in total. The molecule has 1 aliphatic heterocycles. The molecule has 1 N–H and O–H groups in total. The maximum absolute atomic E-state index is 12.3. The fraction of sp³-hybridized carbons (Fsp3) is 0.100. The SMILES string of the molecule is O=C(NN=Cc1ccccc1[N+](=O)[O-])[C@@H]1COc2cc3ccccc3cc2O1. The Hall–Kier alpha value is -3.94. The lowest BCUT2D eigenvalue weighted by atomic mass is 10.1. The highest BCUT2D eigenvalue weighted by Gasteiger charge is 2.27. The molecule has 0 saturated heterocycles. The Kier molecular flexibility index (Phi) is 4.59. The van der Waals surface area contributed by atoms with Gasteiger partial charge in [0.2, 0.25) is 6.10 Å². The Morgan fingerprint density at radius 2 is 1.79 bits per heavy atom. The van der Waals surface area contributed by atoms with E-state index in [1.807, 2.05) is 36.4 Å². The molecule has 1 atom stereocenters. The number of rotatable bonds is 4. The zero-order chi connectivity index (χ0) is 19.5. The molecule has 0 aliphatic carbocycles. The third-order valence-corrected chi connectivity index (χ3v) is 4.28. The number of carbonyl (C=O) groups excluding carboxylic acids is 1. The van der Waals surface area contributed by atoms with Crippen molar-refractivity contribution in [1.82, 2.24) is 5.43 Å². The van der Waals surface area contributed by atoms with Crippen molar-refractivity contribution < 1.29 is 19.2 Å². The van der Waals surface area contributed by atoms with E-state index in [2.05, 4.69) is 10.5 Å². The number of benzene rings is 3. The van der Waals surface area contributed by atoms with Gasteiger partial charge in [-0.3, -0.25) is 14.9 Å². The number of nitro benzene ring substituents is 1. The van der Waals surface area contributed by atoms with Crippen molar-refractivity contribution in [2.75, 3.05) is 6.61 Å². The first-order valence-electron chi connectivity index (χ1n) is 8.50. The van der Waals surface area contributed by atoms with Gasteiger partial charge < -0.3 is 9.47 Å². The molecule has 28 heavy (non-hydrogen) atoms. The van der Waals surface area contributed by atoms with Crippen LogP contribution in [0, 0.1) is 10.1 Å². The van der Waals surface area contributed by atoms with Gasteiger partial charge in [0.1, 0.15) is 6.61 Å². The van der Waals surface area contributed by atoms with Crippen molar-refractivity contribution in [3.63, 3.8) is 0 Å². The van der Waals surface area contributed by atoms with Crippen LogP contribution in [0.25, 0.3) is 10.8 Å². The number of hydrazone groups is 1. The summed E-state index contributed by atoms with van der Waals surface area (Å²) < 4.78 is 11.4. The zero-order valence-corrected chi connectivity index (χ0v) is 14.6. The number of para-hydroxylation sites is 1. The second kappa shape index (κ2) is 7.36. The molecular formula is C20H15N3O5. The molecule has 3 aromatic rings. The first kappa shape index (κ1) is 17.5.